The van der Waals surface area contributed by atoms with Gasteiger partial charge in [-0.15, -0.1) is 15.3 Å². The molecule has 1 aliphatic rings. The lowest BCUT2D eigenvalue weighted by atomic mass is 9.95. The Bertz CT molecular complexity index is 1250. The number of nitrogens with zero attached hydrogens (tertiary/aromatic N) is 7. The summed E-state index contributed by atoms with van der Waals surface area (Å²) in [4.78, 5) is 4.60. The standard InChI is InChI=1S/C20H17N7O/c1-26-12-16(11-22-26)15-9-14-7-13(3-4-17(14)21-10-15)8-19-24-23-18-5-6-20(28-2)25-27(18)19/h3-6,8-12H,7H2,1-2H3. The summed E-state index contributed by atoms with van der Waals surface area (Å²) in [5, 5.41) is 17.1. The fraction of sp³-hybridized carbons (Fsp3) is 0.150. The van der Waals surface area contributed by atoms with E-state index >= 15 is 0 Å². The Morgan fingerprint density at radius 3 is 2.86 bits per heavy atom. The summed E-state index contributed by atoms with van der Waals surface area (Å²) in [6.45, 7) is 0. The van der Waals surface area contributed by atoms with Gasteiger partial charge in [0.15, 0.2) is 11.5 Å². The molecule has 0 fully saturated rings. The van der Waals surface area contributed by atoms with Crippen LogP contribution in [0.3, 0.4) is 0 Å². The molecule has 1 aliphatic carbocycles. The van der Waals surface area contributed by atoms with Crippen LogP contribution < -0.4 is 4.74 Å². The van der Waals surface area contributed by atoms with Crippen LogP contribution in [0.5, 0.6) is 5.88 Å². The Morgan fingerprint density at radius 2 is 2.04 bits per heavy atom. The summed E-state index contributed by atoms with van der Waals surface area (Å²) in [6, 6.07) is 5.76. The second kappa shape index (κ2) is 6.41. The summed E-state index contributed by atoms with van der Waals surface area (Å²) < 4.78 is 8.67. The van der Waals surface area contributed by atoms with Crippen molar-refractivity contribution in [1.82, 2.24) is 34.6 Å². The third-order valence-corrected chi connectivity index (χ3v) is 4.68. The quantitative estimate of drug-likeness (QED) is 0.550. The molecule has 8 nitrogen and oxygen atoms in total. The van der Waals surface area contributed by atoms with Crippen LogP contribution in [-0.2, 0) is 13.5 Å². The van der Waals surface area contributed by atoms with Gasteiger partial charge in [0.25, 0.3) is 0 Å². The van der Waals surface area contributed by atoms with Crippen molar-refractivity contribution >= 4 is 17.8 Å². The molecule has 28 heavy (non-hydrogen) atoms. The Hall–Kier alpha value is -3.81. The molecule has 5 rings (SSSR count). The van der Waals surface area contributed by atoms with Crippen molar-refractivity contribution < 1.29 is 4.74 Å². The number of methoxy groups -OCH3 is 1. The topological polar surface area (TPSA) is 83.0 Å². The first-order chi connectivity index (χ1) is 13.7. The van der Waals surface area contributed by atoms with Gasteiger partial charge in [-0.05, 0) is 41.8 Å². The van der Waals surface area contributed by atoms with Gasteiger partial charge in [0, 0.05) is 36.6 Å². The summed E-state index contributed by atoms with van der Waals surface area (Å²) in [6.07, 6.45) is 12.5. The molecule has 4 aromatic rings. The molecular formula is C20H17N7O. The van der Waals surface area contributed by atoms with Crippen molar-refractivity contribution in [3.05, 3.63) is 65.5 Å². The maximum atomic E-state index is 5.20. The molecular weight excluding hydrogens is 354 g/mol. The zero-order valence-corrected chi connectivity index (χ0v) is 15.4. The van der Waals surface area contributed by atoms with Crippen molar-refractivity contribution in [2.75, 3.05) is 7.11 Å². The zero-order valence-electron chi connectivity index (χ0n) is 15.4. The SMILES string of the molecule is COc1ccc2nnc(C=C3C=Cc4ncc(-c5cnn(C)c5)cc4C3)n2n1. The van der Waals surface area contributed by atoms with Crippen LogP contribution >= 0.6 is 0 Å². The van der Waals surface area contributed by atoms with Crippen LogP contribution in [-0.4, -0.2) is 41.7 Å². The number of hydrogen-bond acceptors (Lipinski definition) is 6. The number of hydrogen-bond donors (Lipinski definition) is 0. The van der Waals surface area contributed by atoms with Crippen LogP contribution in [0, 0.1) is 0 Å². The minimum absolute atomic E-state index is 0.516. The normalized spacial score (nSPS) is 14.6. The van der Waals surface area contributed by atoms with Gasteiger partial charge >= 0.3 is 0 Å². The van der Waals surface area contributed by atoms with Crippen molar-refractivity contribution in [3.8, 4) is 17.0 Å². The van der Waals surface area contributed by atoms with Crippen molar-refractivity contribution in [3.63, 3.8) is 0 Å². The van der Waals surface area contributed by atoms with Crippen molar-refractivity contribution in [2.45, 2.75) is 6.42 Å². The second-order valence-corrected chi connectivity index (χ2v) is 6.60. The minimum atomic E-state index is 0.516. The second-order valence-electron chi connectivity index (χ2n) is 6.60. The zero-order chi connectivity index (χ0) is 19.1. The van der Waals surface area contributed by atoms with E-state index in [0.29, 0.717) is 17.4 Å². The minimum Gasteiger partial charge on any atom is -0.480 e. The predicted octanol–water partition coefficient (Wildman–Crippen LogP) is 2.58. The highest BCUT2D eigenvalue weighted by Crippen LogP contribution is 2.27. The molecule has 0 amide bonds. The average molecular weight is 371 g/mol. The van der Waals surface area contributed by atoms with Gasteiger partial charge < -0.3 is 4.74 Å². The lowest BCUT2D eigenvalue weighted by molar-refractivity contribution is 0.390. The highest BCUT2D eigenvalue weighted by molar-refractivity contribution is 5.69. The summed E-state index contributed by atoms with van der Waals surface area (Å²) in [7, 11) is 3.50. The van der Waals surface area contributed by atoms with E-state index < -0.39 is 0 Å². The first kappa shape index (κ1) is 16.4. The van der Waals surface area contributed by atoms with E-state index in [1.807, 2.05) is 43.9 Å². The van der Waals surface area contributed by atoms with Gasteiger partial charge in [-0.1, -0.05) is 6.08 Å². The van der Waals surface area contributed by atoms with E-state index in [-0.39, 0.29) is 0 Å². The van der Waals surface area contributed by atoms with E-state index in [0.717, 1.165) is 34.4 Å². The van der Waals surface area contributed by atoms with Gasteiger partial charge in [0.2, 0.25) is 5.88 Å². The van der Waals surface area contributed by atoms with Gasteiger partial charge in [-0.2, -0.15) is 9.61 Å². The molecule has 0 bridgehead atoms. The van der Waals surface area contributed by atoms with Gasteiger partial charge in [0.1, 0.15) is 0 Å². The van der Waals surface area contributed by atoms with Gasteiger partial charge in [0.05, 0.1) is 19.0 Å². The van der Waals surface area contributed by atoms with Crippen LogP contribution in [0.1, 0.15) is 17.1 Å². The monoisotopic (exact) mass is 371 g/mol. The molecule has 4 heterocycles. The first-order valence-electron chi connectivity index (χ1n) is 8.83. The largest absolute Gasteiger partial charge is 0.480 e. The lowest BCUT2D eigenvalue weighted by Crippen LogP contribution is -2.02. The smallest absolute Gasteiger partial charge is 0.231 e. The number of aryl methyl sites for hydroxylation is 1. The van der Waals surface area contributed by atoms with Crippen LogP contribution in [0.2, 0.25) is 0 Å². The summed E-state index contributed by atoms with van der Waals surface area (Å²) in [5.74, 6) is 1.18. The first-order valence-corrected chi connectivity index (χ1v) is 8.83. The van der Waals surface area contributed by atoms with E-state index in [2.05, 4.69) is 37.5 Å². The number of aromatic nitrogens is 7. The number of fused-ring (bicyclic) bond motifs is 2. The van der Waals surface area contributed by atoms with Gasteiger partial charge in [-0.25, -0.2) is 0 Å². The molecule has 0 atom stereocenters. The Morgan fingerprint density at radius 1 is 1.11 bits per heavy atom. The Balaban J connectivity index is 1.50. The number of allylic oxidation sites excluding steroid dienone is 2. The predicted molar refractivity (Wildman–Crippen MR) is 104 cm³/mol. The highest BCUT2D eigenvalue weighted by Gasteiger charge is 2.13. The van der Waals surface area contributed by atoms with Crippen LogP contribution in [0.4, 0.5) is 0 Å². The van der Waals surface area contributed by atoms with Crippen molar-refractivity contribution in [2.24, 2.45) is 7.05 Å². The number of ether oxygens (including phenoxy) is 1. The number of rotatable bonds is 3. The molecule has 0 spiro atoms. The third-order valence-electron chi connectivity index (χ3n) is 4.68. The molecule has 0 N–H and O–H groups in total. The fourth-order valence-corrected chi connectivity index (χ4v) is 3.26. The number of pyridine rings is 1. The van der Waals surface area contributed by atoms with E-state index in [1.54, 1.807) is 22.4 Å². The molecule has 0 radical (unpaired) electrons. The van der Waals surface area contributed by atoms with Crippen LogP contribution in [0.25, 0.3) is 28.9 Å². The maximum Gasteiger partial charge on any atom is 0.231 e. The van der Waals surface area contributed by atoms with Crippen LogP contribution in [0.15, 0.2) is 48.4 Å². The summed E-state index contributed by atoms with van der Waals surface area (Å²) >= 11 is 0. The van der Waals surface area contributed by atoms with Crippen molar-refractivity contribution in [1.29, 1.82) is 0 Å². The Labute approximate surface area is 160 Å². The molecule has 0 saturated carbocycles. The molecule has 0 aromatic carbocycles. The van der Waals surface area contributed by atoms with E-state index in [4.69, 9.17) is 4.74 Å². The molecule has 4 aromatic heterocycles. The molecule has 0 unspecified atom stereocenters. The third kappa shape index (κ3) is 2.84. The lowest BCUT2D eigenvalue weighted by Gasteiger charge is -2.13. The average Bonchev–Trinajstić information content (AvgIpc) is 3.33. The van der Waals surface area contributed by atoms with E-state index in [9.17, 15) is 0 Å². The molecule has 0 saturated heterocycles. The Kier molecular flexibility index (Phi) is 3.75. The molecule has 0 aliphatic heterocycles. The fourth-order valence-electron chi connectivity index (χ4n) is 3.26. The maximum absolute atomic E-state index is 5.20. The van der Waals surface area contributed by atoms with E-state index in [1.165, 1.54) is 0 Å². The highest BCUT2D eigenvalue weighted by atomic mass is 16.5. The molecule has 138 valence electrons. The summed E-state index contributed by atoms with van der Waals surface area (Å²) in [5.41, 5.74) is 6.04. The molecule has 8 heteroatoms. The van der Waals surface area contributed by atoms with Gasteiger partial charge in [-0.3, -0.25) is 9.67 Å².